The van der Waals surface area contributed by atoms with Gasteiger partial charge < -0.3 is 5.32 Å². The maximum Gasteiger partial charge on any atom is 0.0173 e. The Kier molecular flexibility index (Phi) is 8.26. The van der Waals surface area contributed by atoms with E-state index in [1.807, 2.05) is 0 Å². The minimum absolute atomic E-state index is 0.423. The Morgan fingerprint density at radius 2 is 1.36 bits per heavy atom. The molecule has 0 aromatic heterocycles. The summed E-state index contributed by atoms with van der Waals surface area (Å²) in [4.78, 5) is 0. The fourth-order valence-corrected chi connectivity index (χ4v) is 2.03. The van der Waals surface area contributed by atoms with Crippen molar-refractivity contribution in [3.63, 3.8) is 0 Å². The van der Waals surface area contributed by atoms with Crippen molar-refractivity contribution in [2.24, 2.45) is 0 Å². The van der Waals surface area contributed by atoms with E-state index in [9.17, 15) is 0 Å². The molecule has 1 N–H and O–H groups in total. The van der Waals surface area contributed by atoms with Crippen LogP contribution in [0.3, 0.4) is 0 Å². The molecule has 1 nitrogen and oxygen atoms in total. The molecular weight excluding hydrogens is 170 g/mol. The van der Waals surface area contributed by atoms with E-state index in [0.29, 0.717) is 5.54 Å². The van der Waals surface area contributed by atoms with Crippen molar-refractivity contribution >= 4 is 0 Å². The van der Waals surface area contributed by atoms with E-state index in [1.54, 1.807) is 0 Å². The van der Waals surface area contributed by atoms with Gasteiger partial charge in [-0.25, -0.2) is 0 Å². The molecule has 0 fully saturated rings. The molecule has 0 saturated heterocycles. The third-order valence-electron chi connectivity index (χ3n) is 3.56. The average Bonchev–Trinajstić information content (AvgIpc) is 2.24. The van der Waals surface area contributed by atoms with E-state index in [-0.39, 0.29) is 0 Å². The maximum atomic E-state index is 3.74. The number of rotatable bonds is 9. The van der Waals surface area contributed by atoms with Crippen molar-refractivity contribution in [3.8, 4) is 0 Å². The largest absolute Gasteiger partial charge is 0.311 e. The summed E-state index contributed by atoms with van der Waals surface area (Å²) in [7, 11) is 0. The molecule has 0 rings (SSSR count). The minimum atomic E-state index is 0.423. The van der Waals surface area contributed by atoms with Crippen LogP contribution in [0.1, 0.15) is 72.6 Å². The second-order valence-corrected chi connectivity index (χ2v) is 4.33. The van der Waals surface area contributed by atoms with Gasteiger partial charge in [-0.05, 0) is 32.2 Å². The molecule has 0 aliphatic rings. The summed E-state index contributed by atoms with van der Waals surface area (Å²) in [5.74, 6) is 0. The molecule has 0 atom stereocenters. The molecule has 86 valence electrons. The average molecular weight is 199 g/mol. The summed E-state index contributed by atoms with van der Waals surface area (Å²) in [6, 6.07) is 0. The Morgan fingerprint density at radius 1 is 0.786 bits per heavy atom. The summed E-state index contributed by atoms with van der Waals surface area (Å²) >= 11 is 0. The second kappa shape index (κ2) is 8.28. The van der Waals surface area contributed by atoms with Gasteiger partial charge in [-0.2, -0.15) is 0 Å². The first-order chi connectivity index (χ1) is 6.74. The summed E-state index contributed by atoms with van der Waals surface area (Å²) in [5, 5.41) is 3.74. The number of hydrogen-bond acceptors (Lipinski definition) is 1. The maximum absolute atomic E-state index is 3.74. The summed E-state index contributed by atoms with van der Waals surface area (Å²) in [6.45, 7) is 10.4. The fraction of sp³-hybridized carbons (Fsp3) is 1.00. The summed E-state index contributed by atoms with van der Waals surface area (Å²) < 4.78 is 0. The normalized spacial score (nSPS) is 12.0. The van der Waals surface area contributed by atoms with Crippen LogP contribution in [0.2, 0.25) is 0 Å². The molecule has 0 aromatic rings. The zero-order chi connectivity index (χ0) is 10.9. The Morgan fingerprint density at radius 3 is 1.79 bits per heavy atom. The van der Waals surface area contributed by atoms with Crippen LogP contribution in [0.4, 0.5) is 0 Å². The van der Waals surface area contributed by atoms with E-state index in [2.05, 4.69) is 33.0 Å². The molecule has 0 aliphatic heterocycles. The van der Waals surface area contributed by atoms with E-state index in [0.717, 1.165) is 0 Å². The molecule has 0 heterocycles. The first-order valence-corrected chi connectivity index (χ1v) is 6.49. The van der Waals surface area contributed by atoms with Gasteiger partial charge in [-0.3, -0.25) is 0 Å². The molecular formula is C13H29N. The smallest absolute Gasteiger partial charge is 0.0173 e. The van der Waals surface area contributed by atoms with Crippen LogP contribution in [-0.4, -0.2) is 12.1 Å². The highest BCUT2D eigenvalue weighted by Crippen LogP contribution is 2.19. The van der Waals surface area contributed by atoms with Crippen molar-refractivity contribution in [3.05, 3.63) is 0 Å². The molecule has 0 amide bonds. The van der Waals surface area contributed by atoms with Crippen LogP contribution in [0, 0.1) is 0 Å². The Balaban J connectivity index is 3.61. The topological polar surface area (TPSA) is 12.0 Å². The highest BCUT2D eigenvalue weighted by Gasteiger charge is 2.21. The third-order valence-corrected chi connectivity index (χ3v) is 3.56. The molecule has 1 heteroatoms. The van der Waals surface area contributed by atoms with Gasteiger partial charge in [0.25, 0.3) is 0 Å². The van der Waals surface area contributed by atoms with Crippen molar-refractivity contribution < 1.29 is 0 Å². The van der Waals surface area contributed by atoms with Gasteiger partial charge in [0.15, 0.2) is 0 Å². The van der Waals surface area contributed by atoms with E-state index >= 15 is 0 Å². The van der Waals surface area contributed by atoms with Gasteiger partial charge in [-0.15, -0.1) is 0 Å². The predicted molar refractivity (Wildman–Crippen MR) is 65.7 cm³/mol. The van der Waals surface area contributed by atoms with Crippen LogP contribution in [-0.2, 0) is 0 Å². The minimum Gasteiger partial charge on any atom is -0.311 e. The lowest BCUT2D eigenvalue weighted by atomic mass is 9.89. The van der Waals surface area contributed by atoms with Crippen LogP contribution in [0.15, 0.2) is 0 Å². The molecule has 0 bridgehead atoms. The molecule has 0 radical (unpaired) electrons. The fourth-order valence-electron chi connectivity index (χ4n) is 2.03. The first kappa shape index (κ1) is 14.0. The van der Waals surface area contributed by atoms with E-state index in [1.165, 1.54) is 51.5 Å². The van der Waals surface area contributed by atoms with Crippen LogP contribution >= 0.6 is 0 Å². The van der Waals surface area contributed by atoms with Gasteiger partial charge in [0.1, 0.15) is 0 Å². The van der Waals surface area contributed by atoms with Gasteiger partial charge >= 0.3 is 0 Å². The molecule has 0 unspecified atom stereocenters. The second-order valence-electron chi connectivity index (χ2n) is 4.33. The van der Waals surface area contributed by atoms with Crippen molar-refractivity contribution in [1.29, 1.82) is 0 Å². The molecule has 14 heavy (non-hydrogen) atoms. The predicted octanol–water partition coefficient (Wildman–Crippen LogP) is 4.13. The van der Waals surface area contributed by atoms with E-state index in [4.69, 9.17) is 0 Å². The van der Waals surface area contributed by atoms with Crippen LogP contribution < -0.4 is 5.32 Å². The summed E-state index contributed by atoms with van der Waals surface area (Å²) in [5.41, 5.74) is 0.423. The summed E-state index contributed by atoms with van der Waals surface area (Å²) in [6.07, 6.45) is 9.22. The standard InChI is InChI=1S/C13H29N/c1-5-9-10-11-12-14-13(6-2,7-3)8-4/h14H,5-12H2,1-4H3. The lowest BCUT2D eigenvalue weighted by Gasteiger charge is -2.32. The number of nitrogens with one attached hydrogen (secondary N) is 1. The number of hydrogen-bond donors (Lipinski definition) is 1. The van der Waals surface area contributed by atoms with Gasteiger partial charge in [0.2, 0.25) is 0 Å². The highest BCUT2D eigenvalue weighted by atomic mass is 15.0. The first-order valence-electron chi connectivity index (χ1n) is 6.49. The SMILES string of the molecule is CCCCCCNC(CC)(CC)CC. The van der Waals surface area contributed by atoms with Crippen molar-refractivity contribution in [2.75, 3.05) is 6.54 Å². The van der Waals surface area contributed by atoms with E-state index < -0.39 is 0 Å². The molecule has 0 aromatic carbocycles. The van der Waals surface area contributed by atoms with Crippen LogP contribution in [0.25, 0.3) is 0 Å². The van der Waals surface area contributed by atoms with Crippen molar-refractivity contribution in [1.82, 2.24) is 5.32 Å². The monoisotopic (exact) mass is 199 g/mol. The van der Waals surface area contributed by atoms with Gasteiger partial charge in [0.05, 0.1) is 0 Å². The molecule has 0 aliphatic carbocycles. The molecule has 0 saturated carbocycles. The molecule has 0 spiro atoms. The zero-order valence-electron chi connectivity index (χ0n) is 10.7. The van der Waals surface area contributed by atoms with Crippen LogP contribution in [0.5, 0.6) is 0 Å². The lowest BCUT2D eigenvalue weighted by Crippen LogP contribution is -2.44. The van der Waals surface area contributed by atoms with Crippen molar-refractivity contribution in [2.45, 2.75) is 78.2 Å². The highest BCUT2D eigenvalue weighted by molar-refractivity contribution is 4.83. The number of unbranched alkanes of at least 4 members (excludes halogenated alkanes) is 3. The van der Waals surface area contributed by atoms with Gasteiger partial charge in [-0.1, -0.05) is 47.0 Å². The third kappa shape index (κ3) is 4.99. The quantitative estimate of drug-likeness (QED) is 0.551. The zero-order valence-corrected chi connectivity index (χ0v) is 10.7. The Labute approximate surface area is 90.7 Å². The Hall–Kier alpha value is -0.0400. The lowest BCUT2D eigenvalue weighted by molar-refractivity contribution is 0.288. The van der Waals surface area contributed by atoms with Gasteiger partial charge in [0, 0.05) is 5.54 Å². The Bertz CT molecular complexity index is 108.